The standard InChI is InChI=1S/C86H145NO18/c1-3-5-7-9-11-13-15-17-19-21-23-25-26-27-28-29-30-31-32-33-34-35-36-37-38-39-40-41-42-44-46-48-50-52-54-56-58-60-62-64-74(92)87-69(70(91)63-61-59-57-55-53-51-49-47-45-43-24-22-20-18-16-14-12-10-8-6-4-2)68-100-84-80(98)77(95)82(72(66-89)102-84)105-86-81(99)78(96)83(73(67-90)103-86)104-85-79(97)76(94)75(93)71(65-88)101-85/h5,7,11,13,17,19,23,25,27-28,30-31,33-34,36-37,39-40,53,55,61,63,69-73,75-86,88-91,93-99H,3-4,6,8-10,12,14-16,18,20-22,24,26,29,32,35,38,41-52,54,56-60,62,64-68H2,1-2H3,(H,87,92)/b7-5-,13-11-,19-17-,25-23-,28-27-,31-30-,34-33-,37-36-,40-39-,55-53+,63-61+. The van der Waals surface area contributed by atoms with Gasteiger partial charge in [0.2, 0.25) is 5.91 Å². The maximum Gasteiger partial charge on any atom is 0.220 e. The van der Waals surface area contributed by atoms with Crippen LogP contribution in [-0.4, -0.2) is 193 Å². The average molecular weight is 1480 g/mol. The van der Waals surface area contributed by atoms with E-state index < -0.39 is 124 Å². The molecular formula is C86H145NO18. The van der Waals surface area contributed by atoms with E-state index in [1.807, 2.05) is 6.08 Å². The van der Waals surface area contributed by atoms with Crippen LogP contribution in [0.15, 0.2) is 134 Å². The van der Waals surface area contributed by atoms with Crippen molar-refractivity contribution < 1.29 is 89.4 Å². The Balaban J connectivity index is 1.36. The van der Waals surface area contributed by atoms with E-state index in [0.717, 1.165) is 109 Å². The van der Waals surface area contributed by atoms with Crippen molar-refractivity contribution in [2.75, 3.05) is 26.4 Å². The predicted octanol–water partition coefficient (Wildman–Crippen LogP) is 14.1. The highest BCUT2D eigenvalue weighted by Gasteiger charge is 2.54. The molecule has 19 heteroatoms. The van der Waals surface area contributed by atoms with Crippen molar-refractivity contribution >= 4 is 5.91 Å². The summed E-state index contributed by atoms with van der Waals surface area (Å²) < 4.78 is 34.4. The highest BCUT2D eigenvalue weighted by Crippen LogP contribution is 2.33. The molecule has 17 unspecified atom stereocenters. The molecule has 3 fully saturated rings. The second-order valence-electron chi connectivity index (χ2n) is 28.5. The zero-order valence-electron chi connectivity index (χ0n) is 64.4. The molecule has 0 bridgehead atoms. The van der Waals surface area contributed by atoms with Crippen LogP contribution in [0.4, 0.5) is 0 Å². The Kier molecular flexibility index (Phi) is 58.6. The van der Waals surface area contributed by atoms with Crippen LogP contribution in [0, 0.1) is 0 Å². The minimum atomic E-state index is -1.99. The number of rotatable bonds is 63. The smallest absolute Gasteiger partial charge is 0.220 e. The van der Waals surface area contributed by atoms with Gasteiger partial charge in [0.15, 0.2) is 18.9 Å². The SMILES string of the molecule is CC/C=C\C/C=C\C/C=C\C/C=C\C/C=C\C/C=C\C/C=C\C/C=C\C/C=C\CCCCCCCCCCCCCC(=O)NC(COC1OC(CO)C(OC2OC(CO)C(OC3OC(CO)C(O)C(O)C3O)C(O)C2O)C(O)C1O)C(O)/C=C/CC/C=C/CCCCCCCCCCCCCCCCC. The van der Waals surface area contributed by atoms with Crippen LogP contribution in [0.25, 0.3) is 0 Å². The van der Waals surface area contributed by atoms with Gasteiger partial charge < -0.3 is 89.9 Å². The third-order valence-corrected chi connectivity index (χ3v) is 19.4. The predicted molar refractivity (Wildman–Crippen MR) is 419 cm³/mol. The lowest BCUT2D eigenvalue weighted by Gasteiger charge is -2.48. The number of allylic oxidation sites excluding steroid dienone is 21. The summed E-state index contributed by atoms with van der Waals surface area (Å²) in [6.07, 6.45) is 65.8. The fourth-order valence-corrected chi connectivity index (χ4v) is 12.9. The average Bonchev–Trinajstić information content (AvgIpc) is 0.780. The summed E-state index contributed by atoms with van der Waals surface area (Å²) in [5.74, 6) is -0.292. The molecule has 0 aliphatic carbocycles. The normalized spacial score (nSPS) is 26.5. The van der Waals surface area contributed by atoms with Crippen molar-refractivity contribution in [2.45, 2.75) is 375 Å². The van der Waals surface area contributed by atoms with E-state index in [1.54, 1.807) is 6.08 Å². The summed E-state index contributed by atoms with van der Waals surface area (Å²) >= 11 is 0. The minimum absolute atomic E-state index is 0.224. The van der Waals surface area contributed by atoms with Gasteiger partial charge in [0.1, 0.15) is 73.2 Å². The first-order valence-corrected chi connectivity index (χ1v) is 40.9. The molecule has 1 amide bonds. The van der Waals surface area contributed by atoms with Gasteiger partial charge in [-0.1, -0.05) is 295 Å². The van der Waals surface area contributed by atoms with Crippen LogP contribution in [0.3, 0.4) is 0 Å². The number of hydrogen-bond acceptors (Lipinski definition) is 18. The summed E-state index contributed by atoms with van der Waals surface area (Å²) in [6.45, 7) is 1.61. The van der Waals surface area contributed by atoms with E-state index in [0.29, 0.717) is 12.8 Å². The molecule has 3 aliphatic rings. The number of carbonyl (C=O) groups is 1. The van der Waals surface area contributed by atoms with E-state index in [-0.39, 0.29) is 18.9 Å². The molecule has 3 saturated heterocycles. The van der Waals surface area contributed by atoms with Crippen molar-refractivity contribution in [3.05, 3.63) is 134 Å². The summed E-state index contributed by atoms with van der Waals surface area (Å²) in [5, 5.41) is 121. The Morgan fingerprint density at radius 3 is 1.07 bits per heavy atom. The summed E-state index contributed by atoms with van der Waals surface area (Å²) in [5.41, 5.74) is 0. The molecule has 3 aliphatic heterocycles. The van der Waals surface area contributed by atoms with Crippen molar-refractivity contribution in [3.63, 3.8) is 0 Å². The summed E-state index contributed by atoms with van der Waals surface area (Å²) in [7, 11) is 0. The van der Waals surface area contributed by atoms with Gasteiger partial charge in [-0.2, -0.15) is 0 Å². The van der Waals surface area contributed by atoms with E-state index >= 15 is 0 Å². The molecule has 0 aromatic rings. The van der Waals surface area contributed by atoms with Crippen LogP contribution < -0.4 is 5.32 Å². The molecule has 0 spiro atoms. The zero-order chi connectivity index (χ0) is 76.0. The van der Waals surface area contributed by atoms with Crippen LogP contribution in [0.5, 0.6) is 0 Å². The maximum absolute atomic E-state index is 13.5. The topological polar surface area (TPSA) is 307 Å². The Bertz CT molecular complexity index is 2420. The van der Waals surface area contributed by atoms with Gasteiger partial charge in [0.25, 0.3) is 0 Å². The summed E-state index contributed by atoms with van der Waals surface area (Å²) in [6, 6.07) is -1.00. The summed E-state index contributed by atoms with van der Waals surface area (Å²) in [4.78, 5) is 13.5. The monoisotopic (exact) mass is 1480 g/mol. The highest BCUT2D eigenvalue weighted by molar-refractivity contribution is 5.76. The molecule has 0 radical (unpaired) electrons. The third kappa shape index (κ3) is 44.4. The quantitative estimate of drug-likeness (QED) is 0.0199. The highest BCUT2D eigenvalue weighted by atomic mass is 16.8. The van der Waals surface area contributed by atoms with Crippen LogP contribution in [0.2, 0.25) is 0 Å². The molecule has 0 aromatic heterocycles. The van der Waals surface area contributed by atoms with Crippen molar-refractivity contribution in [1.82, 2.24) is 5.32 Å². The number of carbonyl (C=O) groups excluding carboxylic acids is 1. The van der Waals surface area contributed by atoms with Crippen LogP contribution in [0.1, 0.15) is 271 Å². The van der Waals surface area contributed by atoms with Gasteiger partial charge in [-0.25, -0.2) is 0 Å². The first-order chi connectivity index (χ1) is 51.3. The number of ether oxygens (including phenoxy) is 6. The first-order valence-electron chi connectivity index (χ1n) is 40.9. The van der Waals surface area contributed by atoms with Gasteiger partial charge >= 0.3 is 0 Å². The number of aliphatic hydroxyl groups is 11. The van der Waals surface area contributed by atoms with Gasteiger partial charge in [-0.05, 0) is 103 Å². The van der Waals surface area contributed by atoms with Crippen LogP contribution >= 0.6 is 0 Å². The molecule has 17 atom stereocenters. The molecular weight excluding hydrogens is 1330 g/mol. The Morgan fingerprint density at radius 1 is 0.352 bits per heavy atom. The zero-order valence-corrected chi connectivity index (χ0v) is 64.4. The number of amides is 1. The molecule has 19 nitrogen and oxygen atoms in total. The second-order valence-corrected chi connectivity index (χ2v) is 28.5. The molecule has 12 N–H and O–H groups in total. The number of unbranched alkanes of at least 4 members (excludes halogenated alkanes) is 27. The molecule has 3 rings (SSSR count). The third-order valence-electron chi connectivity index (χ3n) is 19.4. The van der Waals surface area contributed by atoms with E-state index in [2.05, 4.69) is 141 Å². The molecule has 0 aromatic carbocycles. The largest absolute Gasteiger partial charge is 0.394 e. The fraction of sp³-hybridized carbons (Fsp3) is 0.733. The Morgan fingerprint density at radius 2 is 0.667 bits per heavy atom. The van der Waals surface area contributed by atoms with Gasteiger partial charge in [-0.3, -0.25) is 4.79 Å². The number of aliphatic hydroxyl groups excluding tert-OH is 11. The lowest BCUT2D eigenvalue weighted by molar-refractivity contribution is -0.379. The Labute approximate surface area is 632 Å². The number of hydrogen-bond donors (Lipinski definition) is 12. The van der Waals surface area contributed by atoms with Gasteiger partial charge in [0.05, 0.1) is 38.6 Å². The second kappa shape index (κ2) is 64.7. The van der Waals surface area contributed by atoms with E-state index in [1.165, 1.54) is 128 Å². The maximum atomic E-state index is 13.5. The minimum Gasteiger partial charge on any atom is -0.394 e. The molecule has 0 saturated carbocycles. The van der Waals surface area contributed by atoms with Crippen molar-refractivity contribution in [3.8, 4) is 0 Å². The van der Waals surface area contributed by atoms with E-state index in [4.69, 9.17) is 28.4 Å². The first kappa shape index (κ1) is 95.1. The lowest BCUT2D eigenvalue weighted by Crippen LogP contribution is -2.66. The number of nitrogens with one attached hydrogen (secondary N) is 1. The molecule has 3 heterocycles. The molecule has 105 heavy (non-hydrogen) atoms. The Hall–Kier alpha value is -4.07. The van der Waals surface area contributed by atoms with Crippen molar-refractivity contribution in [2.24, 2.45) is 0 Å². The van der Waals surface area contributed by atoms with Gasteiger partial charge in [-0.15, -0.1) is 0 Å². The molecule has 602 valence electrons. The van der Waals surface area contributed by atoms with Crippen molar-refractivity contribution in [1.29, 1.82) is 0 Å². The van der Waals surface area contributed by atoms with E-state index in [9.17, 15) is 61.0 Å². The fourth-order valence-electron chi connectivity index (χ4n) is 12.9. The van der Waals surface area contributed by atoms with Crippen LogP contribution in [-0.2, 0) is 33.2 Å². The lowest BCUT2D eigenvalue weighted by atomic mass is 9.96. The van der Waals surface area contributed by atoms with Gasteiger partial charge in [0, 0.05) is 6.42 Å².